The summed E-state index contributed by atoms with van der Waals surface area (Å²) < 4.78 is 24.2. The summed E-state index contributed by atoms with van der Waals surface area (Å²) in [6, 6.07) is 6.57. The molecule has 0 aromatic heterocycles. The maximum Gasteiger partial charge on any atom is 0.242 e. The van der Waals surface area contributed by atoms with Gasteiger partial charge in [0.2, 0.25) is 5.91 Å². The second kappa shape index (κ2) is 6.74. The molecule has 5 nitrogen and oxygen atoms in total. The van der Waals surface area contributed by atoms with E-state index in [1.54, 1.807) is 24.3 Å². The van der Waals surface area contributed by atoms with Crippen LogP contribution in [0.4, 0.5) is 11.4 Å². The molecular formula is C14H22N2O3S. The molecule has 20 heavy (non-hydrogen) atoms. The number of carbonyl (C=O) groups is 1. The Morgan fingerprint density at radius 2 is 1.80 bits per heavy atom. The molecule has 0 bridgehead atoms. The van der Waals surface area contributed by atoms with Crippen molar-refractivity contribution in [2.24, 2.45) is 5.92 Å². The molecule has 0 saturated carbocycles. The van der Waals surface area contributed by atoms with Crippen LogP contribution in [-0.2, 0) is 14.6 Å². The normalized spacial score (nSPS) is 14.6. The van der Waals surface area contributed by atoms with Crippen LogP contribution in [-0.4, -0.2) is 25.3 Å². The zero-order valence-electron chi connectivity index (χ0n) is 12.1. The highest BCUT2D eigenvalue weighted by atomic mass is 32.2. The molecule has 0 fully saturated rings. The fourth-order valence-corrected chi connectivity index (χ4v) is 3.33. The lowest BCUT2D eigenvalue weighted by Gasteiger charge is -2.16. The summed E-state index contributed by atoms with van der Waals surface area (Å²) in [7, 11) is -3.44. The summed E-state index contributed by atoms with van der Waals surface area (Å²) >= 11 is 0. The van der Waals surface area contributed by atoms with Gasteiger partial charge >= 0.3 is 0 Å². The van der Waals surface area contributed by atoms with E-state index in [4.69, 9.17) is 5.73 Å². The molecule has 3 N–H and O–H groups in total. The smallest absolute Gasteiger partial charge is 0.242 e. The van der Waals surface area contributed by atoms with Crippen LogP contribution in [0.1, 0.15) is 27.2 Å². The third-order valence-corrected chi connectivity index (χ3v) is 5.62. The first-order chi connectivity index (χ1) is 9.26. The zero-order chi connectivity index (χ0) is 15.3. The Balaban J connectivity index is 2.73. The predicted molar refractivity (Wildman–Crippen MR) is 82.2 cm³/mol. The monoisotopic (exact) mass is 298 g/mol. The van der Waals surface area contributed by atoms with Crippen molar-refractivity contribution in [2.75, 3.05) is 16.8 Å². The van der Waals surface area contributed by atoms with Crippen LogP contribution in [0.5, 0.6) is 0 Å². The number of sulfone groups is 1. The molecule has 0 heterocycles. The summed E-state index contributed by atoms with van der Waals surface area (Å²) in [6.07, 6.45) is 0.769. The molecule has 0 aliphatic carbocycles. The summed E-state index contributed by atoms with van der Waals surface area (Å²) in [4.78, 5) is 12.0. The third kappa shape index (κ3) is 4.52. The van der Waals surface area contributed by atoms with Gasteiger partial charge in [0.25, 0.3) is 0 Å². The van der Waals surface area contributed by atoms with Crippen LogP contribution >= 0.6 is 0 Å². The van der Waals surface area contributed by atoms with Crippen molar-refractivity contribution in [2.45, 2.75) is 32.4 Å². The Bertz CT molecular complexity index is 552. The lowest BCUT2D eigenvalue weighted by molar-refractivity contribution is -0.115. The van der Waals surface area contributed by atoms with Gasteiger partial charge in [-0.25, -0.2) is 8.42 Å². The van der Waals surface area contributed by atoms with E-state index in [-0.39, 0.29) is 11.7 Å². The van der Waals surface area contributed by atoms with Gasteiger partial charge in [-0.15, -0.1) is 0 Å². The number of hydrogen-bond donors (Lipinski definition) is 2. The first kappa shape index (κ1) is 16.5. The average molecular weight is 298 g/mol. The lowest BCUT2D eigenvalue weighted by Crippen LogP contribution is -2.35. The van der Waals surface area contributed by atoms with Crippen LogP contribution in [0.3, 0.4) is 0 Å². The minimum absolute atomic E-state index is 0.0276. The van der Waals surface area contributed by atoms with Crippen molar-refractivity contribution >= 4 is 27.1 Å². The van der Waals surface area contributed by atoms with Gasteiger partial charge in [0.1, 0.15) is 5.25 Å². The number of nitrogens with one attached hydrogen (secondary N) is 1. The second-order valence-corrected chi connectivity index (χ2v) is 7.46. The van der Waals surface area contributed by atoms with Gasteiger partial charge in [-0.2, -0.15) is 0 Å². The van der Waals surface area contributed by atoms with E-state index < -0.39 is 21.0 Å². The van der Waals surface area contributed by atoms with E-state index >= 15 is 0 Å². The van der Waals surface area contributed by atoms with Crippen molar-refractivity contribution < 1.29 is 13.2 Å². The molecule has 0 aliphatic heterocycles. The first-order valence-electron chi connectivity index (χ1n) is 6.64. The molecule has 0 saturated heterocycles. The number of benzene rings is 1. The van der Waals surface area contributed by atoms with Crippen LogP contribution in [0.25, 0.3) is 0 Å². The van der Waals surface area contributed by atoms with E-state index in [0.717, 1.165) is 6.42 Å². The van der Waals surface area contributed by atoms with E-state index in [2.05, 4.69) is 5.32 Å². The molecule has 2 atom stereocenters. The average Bonchev–Trinajstić information content (AvgIpc) is 2.39. The van der Waals surface area contributed by atoms with Gasteiger partial charge < -0.3 is 11.1 Å². The lowest BCUT2D eigenvalue weighted by atomic mass is 10.2. The Morgan fingerprint density at radius 3 is 2.30 bits per heavy atom. The van der Waals surface area contributed by atoms with Gasteiger partial charge in [0, 0.05) is 11.4 Å². The zero-order valence-corrected chi connectivity index (χ0v) is 12.9. The van der Waals surface area contributed by atoms with Crippen molar-refractivity contribution in [1.29, 1.82) is 0 Å². The molecule has 1 aromatic rings. The van der Waals surface area contributed by atoms with Crippen molar-refractivity contribution in [3.05, 3.63) is 24.3 Å². The van der Waals surface area contributed by atoms with E-state index in [1.165, 1.54) is 6.92 Å². The quantitative estimate of drug-likeness (QED) is 0.787. The Morgan fingerprint density at radius 1 is 1.25 bits per heavy atom. The van der Waals surface area contributed by atoms with Crippen molar-refractivity contribution in [3.8, 4) is 0 Å². The standard InChI is InChI=1S/C14H22N2O3S/c1-4-10(2)9-20(18,19)11(3)14(17)16-13-7-5-12(15)6-8-13/h5-8,10-11H,4,9,15H2,1-3H3,(H,16,17). The predicted octanol–water partition coefficient (Wildman–Crippen LogP) is 2.06. The molecule has 0 spiro atoms. The fraction of sp³-hybridized carbons (Fsp3) is 0.500. The largest absolute Gasteiger partial charge is 0.399 e. The minimum atomic E-state index is -3.44. The first-order valence-corrected chi connectivity index (χ1v) is 8.35. The molecule has 112 valence electrons. The number of anilines is 2. The maximum atomic E-state index is 12.1. The minimum Gasteiger partial charge on any atom is -0.399 e. The third-order valence-electron chi connectivity index (χ3n) is 3.30. The van der Waals surface area contributed by atoms with Gasteiger partial charge in [0.15, 0.2) is 9.84 Å². The second-order valence-electron chi connectivity index (χ2n) is 5.10. The van der Waals surface area contributed by atoms with E-state index in [9.17, 15) is 13.2 Å². The molecule has 1 rings (SSSR count). The van der Waals surface area contributed by atoms with E-state index in [0.29, 0.717) is 11.4 Å². The molecule has 6 heteroatoms. The highest BCUT2D eigenvalue weighted by Crippen LogP contribution is 2.15. The summed E-state index contributed by atoms with van der Waals surface area (Å²) in [5.74, 6) is -0.440. The molecular weight excluding hydrogens is 276 g/mol. The molecule has 1 amide bonds. The van der Waals surface area contributed by atoms with Gasteiger partial charge in [-0.05, 0) is 37.1 Å². The highest BCUT2D eigenvalue weighted by molar-refractivity contribution is 7.92. The fourth-order valence-electron chi connectivity index (χ4n) is 1.63. The van der Waals surface area contributed by atoms with Crippen LogP contribution in [0.15, 0.2) is 24.3 Å². The van der Waals surface area contributed by atoms with Crippen LogP contribution in [0.2, 0.25) is 0 Å². The number of hydrogen-bond acceptors (Lipinski definition) is 4. The van der Waals surface area contributed by atoms with Gasteiger partial charge in [0.05, 0.1) is 5.75 Å². The van der Waals surface area contributed by atoms with Gasteiger partial charge in [-0.3, -0.25) is 4.79 Å². The number of nitrogens with two attached hydrogens (primary N) is 1. The summed E-state index contributed by atoms with van der Waals surface area (Å²) in [5, 5.41) is 1.53. The molecule has 1 aromatic carbocycles. The molecule has 2 unspecified atom stereocenters. The van der Waals surface area contributed by atoms with Crippen LogP contribution in [0, 0.1) is 5.92 Å². The maximum absolute atomic E-state index is 12.1. The summed E-state index contributed by atoms with van der Waals surface area (Å²) in [6.45, 7) is 5.21. The van der Waals surface area contributed by atoms with Crippen molar-refractivity contribution in [3.63, 3.8) is 0 Å². The Hall–Kier alpha value is -1.56. The number of rotatable bonds is 6. The summed E-state index contributed by atoms with van der Waals surface area (Å²) in [5.41, 5.74) is 6.67. The Labute approximate surface area is 120 Å². The highest BCUT2D eigenvalue weighted by Gasteiger charge is 2.29. The number of carbonyl (C=O) groups excluding carboxylic acids is 1. The topological polar surface area (TPSA) is 89.3 Å². The molecule has 0 radical (unpaired) electrons. The molecule has 0 aliphatic rings. The van der Waals surface area contributed by atoms with Crippen LogP contribution < -0.4 is 11.1 Å². The number of amides is 1. The SMILES string of the molecule is CCC(C)CS(=O)(=O)C(C)C(=O)Nc1ccc(N)cc1. The van der Waals surface area contributed by atoms with E-state index in [1.807, 2.05) is 13.8 Å². The Kier molecular flexibility index (Phi) is 5.56. The van der Waals surface area contributed by atoms with Gasteiger partial charge in [-0.1, -0.05) is 20.3 Å². The number of nitrogen functional groups attached to an aromatic ring is 1. The van der Waals surface area contributed by atoms with Crippen molar-refractivity contribution in [1.82, 2.24) is 0 Å².